The summed E-state index contributed by atoms with van der Waals surface area (Å²) in [4.78, 5) is 4.74. The topological polar surface area (TPSA) is 47.3 Å². The molecule has 2 aliphatic rings. The molecular formula is C15H18N2O2. The minimum Gasteiger partial charge on any atom is -0.395 e. The number of ether oxygens (including phenoxy) is 1. The Morgan fingerprint density at radius 2 is 2.21 bits per heavy atom. The quantitative estimate of drug-likeness (QED) is 0.911. The maximum atomic E-state index is 9.63. The highest BCUT2D eigenvalue weighted by Gasteiger charge is 2.40. The summed E-state index contributed by atoms with van der Waals surface area (Å²) in [6, 6.07) is 6.34. The fourth-order valence-electron chi connectivity index (χ4n) is 2.94. The van der Waals surface area contributed by atoms with Crippen LogP contribution in [0.25, 0.3) is 11.0 Å². The van der Waals surface area contributed by atoms with Crippen molar-refractivity contribution in [3.8, 4) is 0 Å². The summed E-state index contributed by atoms with van der Waals surface area (Å²) in [6.07, 6.45) is 2.52. The van der Waals surface area contributed by atoms with Crippen molar-refractivity contribution in [2.45, 2.75) is 24.2 Å². The number of aliphatic hydroxyl groups excluding tert-OH is 1. The molecule has 0 radical (unpaired) electrons. The van der Waals surface area contributed by atoms with Gasteiger partial charge in [-0.1, -0.05) is 6.07 Å². The predicted molar refractivity (Wildman–Crippen MR) is 72.3 cm³/mol. The third-order valence-corrected chi connectivity index (χ3v) is 4.53. The fourth-order valence-corrected chi connectivity index (χ4v) is 2.94. The molecule has 2 aromatic rings. The van der Waals surface area contributed by atoms with Gasteiger partial charge in [0.15, 0.2) is 0 Å². The number of hydrogen-bond acceptors (Lipinski definition) is 3. The average Bonchev–Trinajstić information content (AvgIpc) is 3.15. The van der Waals surface area contributed by atoms with Gasteiger partial charge in [-0.2, -0.15) is 0 Å². The molecule has 0 unspecified atom stereocenters. The molecular weight excluding hydrogens is 240 g/mol. The number of fused-ring (bicyclic) bond motifs is 1. The lowest BCUT2D eigenvalue weighted by Crippen LogP contribution is -2.49. The number of nitrogens with zero attached hydrogens (tertiary/aromatic N) is 2. The van der Waals surface area contributed by atoms with E-state index < -0.39 is 0 Å². The van der Waals surface area contributed by atoms with Gasteiger partial charge < -0.3 is 14.4 Å². The first-order valence-corrected chi connectivity index (χ1v) is 6.89. The molecule has 1 aliphatic heterocycles. The van der Waals surface area contributed by atoms with Gasteiger partial charge in [0.1, 0.15) is 5.82 Å². The van der Waals surface area contributed by atoms with Crippen LogP contribution in [-0.2, 0) is 17.2 Å². The molecule has 0 spiro atoms. The van der Waals surface area contributed by atoms with E-state index >= 15 is 0 Å². The third-order valence-electron chi connectivity index (χ3n) is 4.53. The van der Waals surface area contributed by atoms with Crippen molar-refractivity contribution < 1.29 is 9.84 Å². The normalized spacial score (nSPS) is 21.6. The van der Waals surface area contributed by atoms with Gasteiger partial charge in [-0.15, -0.1) is 0 Å². The van der Waals surface area contributed by atoms with Crippen LogP contribution in [0, 0.1) is 0 Å². The van der Waals surface area contributed by atoms with Crippen LogP contribution in [0.1, 0.15) is 30.1 Å². The predicted octanol–water partition coefficient (Wildman–Crippen LogP) is 1.71. The summed E-state index contributed by atoms with van der Waals surface area (Å²) < 4.78 is 7.51. The number of aryl methyl sites for hydroxylation is 1. The van der Waals surface area contributed by atoms with E-state index in [1.165, 1.54) is 29.7 Å². The Labute approximate surface area is 112 Å². The summed E-state index contributed by atoms with van der Waals surface area (Å²) in [5.74, 6) is 1.86. The molecule has 2 fully saturated rings. The van der Waals surface area contributed by atoms with Crippen LogP contribution in [0.2, 0.25) is 0 Å². The monoisotopic (exact) mass is 258 g/mol. The standard InChI is InChI=1S/C15H18N2O2/c1-17-13-6-11(15(7-18)8-19-9-15)4-5-12(13)16-14(17)10-2-3-10/h4-6,10,18H,2-3,7-9H2,1H3. The Morgan fingerprint density at radius 3 is 2.79 bits per heavy atom. The fraction of sp³-hybridized carbons (Fsp3) is 0.533. The number of aromatic nitrogens is 2. The molecule has 1 aromatic carbocycles. The highest BCUT2D eigenvalue weighted by Crippen LogP contribution is 2.41. The van der Waals surface area contributed by atoms with Crippen LogP contribution < -0.4 is 0 Å². The van der Waals surface area contributed by atoms with E-state index in [4.69, 9.17) is 9.72 Å². The van der Waals surface area contributed by atoms with Crippen LogP contribution in [0.5, 0.6) is 0 Å². The van der Waals surface area contributed by atoms with Crippen molar-refractivity contribution in [3.05, 3.63) is 29.6 Å². The van der Waals surface area contributed by atoms with Crippen molar-refractivity contribution in [1.29, 1.82) is 0 Å². The van der Waals surface area contributed by atoms with Gasteiger partial charge in [0.2, 0.25) is 0 Å². The molecule has 4 heteroatoms. The van der Waals surface area contributed by atoms with E-state index in [0.29, 0.717) is 19.1 Å². The van der Waals surface area contributed by atoms with Gasteiger partial charge in [0.25, 0.3) is 0 Å². The van der Waals surface area contributed by atoms with Crippen LogP contribution in [0.15, 0.2) is 18.2 Å². The molecule has 0 bridgehead atoms. The highest BCUT2D eigenvalue weighted by atomic mass is 16.5. The first-order chi connectivity index (χ1) is 9.23. The molecule has 2 heterocycles. The Balaban J connectivity index is 1.84. The van der Waals surface area contributed by atoms with Crippen LogP contribution in [0.3, 0.4) is 0 Å². The molecule has 4 nitrogen and oxygen atoms in total. The molecule has 1 aliphatic carbocycles. The van der Waals surface area contributed by atoms with Gasteiger partial charge in [-0.25, -0.2) is 4.98 Å². The maximum absolute atomic E-state index is 9.63. The van der Waals surface area contributed by atoms with Crippen LogP contribution in [-0.4, -0.2) is 34.5 Å². The Kier molecular flexibility index (Phi) is 2.29. The number of imidazole rings is 1. The van der Waals surface area contributed by atoms with Crippen LogP contribution >= 0.6 is 0 Å². The van der Waals surface area contributed by atoms with Crippen molar-refractivity contribution in [3.63, 3.8) is 0 Å². The van der Waals surface area contributed by atoms with E-state index in [0.717, 1.165) is 5.52 Å². The maximum Gasteiger partial charge on any atom is 0.112 e. The average molecular weight is 258 g/mol. The molecule has 100 valence electrons. The Hall–Kier alpha value is -1.39. The highest BCUT2D eigenvalue weighted by molar-refractivity contribution is 5.77. The zero-order valence-electron chi connectivity index (χ0n) is 11.1. The molecule has 4 rings (SSSR count). The molecule has 1 saturated carbocycles. The van der Waals surface area contributed by atoms with Gasteiger partial charge in [-0.05, 0) is 30.5 Å². The van der Waals surface area contributed by atoms with E-state index in [1.807, 2.05) is 0 Å². The number of aliphatic hydroxyl groups is 1. The van der Waals surface area contributed by atoms with Crippen molar-refractivity contribution in [1.82, 2.24) is 9.55 Å². The Morgan fingerprint density at radius 1 is 1.42 bits per heavy atom. The number of benzene rings is 1. The summed E-state index contributed by atoms with van der Waals surface area (Å²) in [5, 5.41) is 9.63. The second kappa shape index (κ2) is 3.81. The molecule has 1 aromatic heterocycles. The third kappa shape index (κ3) is 1.56. The summed E-state index contributed by atoms with van der Waals surface area (Å²) in [7, 11) is 2.09. The van der Waals surface area contributed by atoms with E-state index in [1.54, 1.807) is 0 Å². The lowest BCUT2D eigenvalue weighted by atomic mass is 9.79. The van der Waals surface area contributed by atoms with Crippen molar-refractivity contribution in [2.75, 3.05) is 19.8 Å². The minimum atomic E-state index is -0.196. The Bertz CT molecular complexity index is 633. The summed E-state index contributed by atoms with van der Waals surface area (Å²) in [6.45, 7) is 1.37. The lowest BCUT2D eigenvalue weighted by molar-refractivity contribution is -0.0841. The molecule has 0 amide bonds. The van der Waals surface area contributed by atoms with Gasteiger partial charge in [-0.3, -0.25) is 0 Å². The minimum absolute atomic E-state index is 0.145. The number of hydrogen-bond donors (Lipinski definition) is 1. The first kappa shape index (κ1) is 11.4. The van der Waals surface area contributed by atoms with E-state index in [9.17, 15) is 5.11 Å². The number of rotatable bonds is 3. The van der Waals surface area contributed by atoms with E-state index in [2.05, 4.69) is 29.8 Å². The smallest absolute Gasteiger partial charge is 0.112 e. The molecule has 19 heavy (non-hydrogen) atoms. The van der Waals surface area contributed by atoms with Crippen molar-refractivity contribution in [2.24, 2.45) is 7.05 Å². The van der Waals surface area contributed by atoms with Gasteiger partial charge >= 0.3 is 0 Å². The van der Waals surface area contributed by atoms with Gasteiger partial charge in [0, 0.05) is 13.0 Å². The molecule has 1 saturated heterocycles. The zero-order chi connectivity index (χ0) is 13.0. The SMILES string of the molecule is Cn1c(C2CC2)nc2ccc(C3(CO)COC3)cc21. The molecule has 0 atom stereocenters. The van der Waals surface area contributed by atoms with Crippen LogP contribution in [0.4, 0.5) is 0 Å². The summed E-state index contributed by atoms with van der Waals surface area (Å²) in [5.41, 5.74) is 3.19. The molecule has 1 N–H and O–H groups in total. The van der Waals surface area contributed by atoms with E-state index in [-0.39, 0.29) is 12.0 Å². The van der Waals surface area contributed by atoms with Crippen molar-refractivity contribution >= 4 is 11.0 Å². The van der Waals surface area contributed by atoms with Gasteiger partial charge in [0.05, 0.1) is 36.3 Å². The summed E-state index contributed by atoms with van der Waals surface area (Å²) >= 11 is 0. The first-order valence-electron chi connectivity index (χ1n) is 6.89. The second-order valence-electron chi connectivity index (χ2n) is 5.94. The lowest BCUT2D eigenvalue weighted by Gasteiger charge is -2.40. The second-order valence-corrected chi connectivity index (χ2v) is 5.94. The largest absolute Gasteiger partial charge is 0.395 e. The zero-order valence-corrected chi connectivity index (χ0v) is 11.1.